The van der Waals surface area contributed by atoms with E-state index in [2.05, 4.69) is 43.8 Å². The van der Waals surface area contributed by atoms with E-state index in [-0.39, 0.29) is 18.2 Å². The largest absolute Gasteiger partial charge is 0.393 e. The van der Waals surface area contributed by atoms with Gasteiger partial charge in [-0.3, -0.25) is 0 Å². The minimum Gasteiger partial charge on any atom is -0.393 e. The first-order valence-corrected chi connectivity index (χ1v) is 10.4. The number of hydrogen-bond acceptors (Lipinski definition) is 5. The van der Waals surface area contributed by atoms with E-state index < -0.39 is 0 Å². The van der Waals surface area contributed by atoms with E-state index in [9.17, 15) is 5.11 Å². The van der Waals surface area contributed by atoms with Crippen molar-refractivity contribution in [3.8, 4) is 11.3 Å². The zero-order chi connectivity index (χ0) is 19.6. The fourth-order valence-electron chi connectivity index (χ4n) is 4.85. The van der Waals surface area contributed by atoms with Crippen molar-refractivity contribution in [1.29, 1.82) is 0 Å². The monoisotopic (exact) mass is 390 g/mol. The second-order valence-corrected chi connectivity index (χ2v) is 8.19. The highest BCUT2D eigenvalue weighted by atomic mass is 16.5. The topological polar surface area (TPSA) is 73.1 Å². The maximum atomic E-state index is 11.0. The third kappa shape index (κ3) is 3.70. The van der Waals surface area contributed by atoms with Crippen molar-refractivity contribution in [2.45, 2.75) is 57.0 Å². The van der Waals surface area contributed by atoms with Gasteiger partial charge in [-0.15, -0.1) is 0 Å². The van der Waals surface area contributed by atoms with Crippen molar-refractivity contribution in [3.05, 3.63) is 66.6 Å². The Morgan fingerprint density at radius 3 is 2.66 bits per heavy atom. The second kappa shape index (κ2) is 8.05. The van der Waals surface area contributed by atoms with Crippen molar-refractivity contribution in [3.63, 3.8) is 0 Å². The first kappa shape index (κ1) is 18.5. The van der Waals surface area contributed by atoms with Crippen LogP contribution in [0.4, 0.5) is 0 Å². The Kier molecular flexibility index (Phi) is 5.12. The molecule has 3 aromatic rings. The predicted octanol–water partition coefficient (Wildman–Crippen LogP) is 3.77. The van der Waals surface area contributed by atoms with Gasteiger partial charge in [-0.2, -0.15) is 0 Å². The Hall–Kier alpha value is -2.57. The molecule has 1 fully saturated rings. The van der Waals surface area contributed by atoms with E-state index >= 15 is 0 Å². The van der Waals surface area contributed by atoms with Crippen LogP contribution in [0, 0.1) is 5.92 Å². The van der Waals surface area contributed by atoms with Crippen LogP contribution in [-0.4, -0.2) is 36.8 Å². The minimum absolute atomic E-state index is 0.172. The van der Waals surface area contributed by atoms with Gasteiger partial charge in [-0.05, 0) is 43.6 Å². The van der Waals surface area contributed by atoms with Crippen LogP contribution in [0.25, 0.3) is 11.3 Å². The van der Waals surface area contributed by atoms with Crippen LogP contribution in [0.15, 0.2) is 55.5 Å². The molecule has 0 radical (unpaired) electrons. The average molecular weight is 390 g/mol. The first-order chi connectivity index (χ1) is 14.3. The van der Waals surface area contributed by atoms with Gasteiger partial charge in [-0.25, -0.2) is 15.0 Å². The molecule has 2 aliphatic rings. The molecule has 3 heterocycles. The van der Waals surface area contributed by atoms with Gasteiger partial charge in [0.1, 0.15) is 6.33 Å². The number of ether oxygens (including phenoxy) is 1. The van der Waals surface area contributed by atoms with Crippen molar-refractivity contribution < 1.29 is 9.84 Å². The molecule has 1 aromatic carbocycles. The van der Waals surface area contributed by atoms with E-state index in [1.807, 2.05) is 12.5 Å². The molecule has 29 heavy (non-hydrogen) atoms. The van der Waals surface area contributed by atoms with Crippen molar-refractivity contribution >= 4 is 0 Å². The molecule has 2 atom stereocenters. The third-order valence-electron chi connectivity index (χ3n) is 6.43. The number of rotatable bonds is 6. The van der Waals surface area contributed by atoms with Crippen LogP contribution in [0.3, 0.4) is 0 Å². The normalized spacial score (nSPS) is 24.1. The third-order valence-corrected chi connectivity index (χ3v) is 6.43. The summed E-state index contributed by atoms with van der Waals surface area (Å²) >= 11 is 0. The highest BCUT2D eigenvalue weighted by Crippen LogP contribution is 2.42. The number of benzene rings is 1. The van der Waals surface area contributed by atoms with E-state index in [1.165, 1.54) is 17.5 Å². The SMILES string of the molecule is OC(CC1c2ccccc2-c2cncn21)C1CCC(OCc2cncnc2)CC1. The predicted molar refractivity (Wildman–Crippen MR) is 109 cm³/mol. The summed E-state index contributed by atoms with van der Waals surface area (Å²) in [5.41, 5.74) is 4.70. The number of fused-ring (bicyclic) bond motifs is 3. The highest BCUT2D eigenvalue weighted by Gasteiger charge is 2.33. The standard InChI is InChI=1S/C23H26N4O2/c28-23(9-21-19-3-1-2-4-20(19)22-12-26-15-27(21)22)17-5-7-18(8-6-17)29-13-16-10-24-14-25-11-16/h1-4,10-12,14-15,17-18,21,23,28H,5-9,13H2. The lowest BCUT2D eigenvalue weighted by Crippen LogP contribution is -2.30. The van der Waals surface area contributed by atoms with Gasteiger partial charge in [0.2, 0.25) is 0 Å². The summed E-state index contributed by atoms with van der Waals surface area (Å²) < 4.78 is 8.25. The summed E-state index contributed by atoms with van der Waals surface area (Å²) in [6.07, 6.45) is 13.6. The van der Waals surface area contributed by atoms with Crippen molar-refractivity contribution in [2.24, 2.45) is 5.92 Å². The fourth-order valence-corrected chi connectivity index (χ4v) is 4.85. The molecule has 2 unspecified atom stereocenters. The molecular formula is C23H26N4O2. The number of nitrogens with zero attached hydrogens (tertiary/aromatic N) is 4. The molecule has 150 valence electrons. The Labute approximate surface area is 170 Å². The van der Waals surface area contributed by atoms with E-state index in [1.54, 1.807) is 12.4 Å². The molecule has 1 saturated carbocycles. The van der Waals surface area contributed by atoms with Crippen LogP contribution in [0.2, 0.25) is 0 Å². The Bertz CT molecular complexity index is 950. The molecule has 1 N–H and O–H groups in total. The maximum absolute atomic E-state index is 11.0. The summed E-state index contributed by atoms with van der Waals surface area (Å²) in [7, 11) is 0. The first-order valence-electron chi connectivity index (χ1n) is 10.4. The molecule has 0 saturated heterocycles. The fraction of sp³-hybridized carbons (Fsp3) is 0.435. The molecule has 1 aliphatic carbocycles. The highest BCUT2D eigenvalue weighted by molar-refractivity contribution is 5.68. The molecule has 1 aliphatic heterocycles. The quantitative estimate of drug-likeness (QED) is 0.694. The zero-order valence-electron chi connectivity index (χ0n) is 16.4. The van der Waals surface area contributed by atoms with Gasteiger partial charge in [0.05, 0.1) is 43.1 Å². The number of hydrogen-bond donors (Lipinski definition) is 1. The molecule has 5 rings (SSSR count). The molecule has 0 bridgehead atoms. The Morgan fingerprint density at radius 2 is 1.83 bits per heavy atom. The molecule has 6 heteroatoms. The summed E-state index contributed by atoms with van der Waals surface area (Å²) in [4.78, 5) is 12.4. The van der Waals surface area contributed by atoms with Gasteiger partial charge in [-0.1, -0.05) is 24.3 Å². The van der Waals surface area contributed by atoms with Crippen LogP contribution in [0.1, 0.15) is 49.3 Å². The van der Waals surface area contributed by atoms with Crippen molar-refractivity contribution in [2.75, 3.05) is 0 Å². The molecule has 6 nitrogen and oxygen atoms in total. The summed E-state index contributed by atoms with van der Waals surface area (Å²) in [6.45, 7) is 0.557. The van der Waals surface area contributed by atoms with Crippen LogP contribution in [0.5, 0.6) is 0 Å². The lowest BCUT2D eigenvalue weighted by molar-refractivity contribution is -0.0161. The van der Waals surface area contributed by atoms with Gasteiger partial charge in [0.15, 0.2) is 0 Å². The lowest BCUT2D eigenvalue weighted by atomic mass is 9.81. The van der Waals surface area contributed by atoms with Gasteiger partial charge in [0, 0.05) is 23.5 Å². The summed E-state index contributed by atoms with van der Waals surface area (Å²) in [6, 6.07) is 8.65. The van der Waals surface area contributed by atoms with E-state index in [0.29, 0.717) is 12.5 Å². The zero-order valence-corrected chi connectivity index (χ0v) is 16.4. The van der Waals surface area contributed by atoms with E-state index in [0.717, 1.165) is 43.4 Å². The van der Waals surface area contributed by atoms with Gasteiger partial charge < -0.3 is 14.4 Å². The Balaban J connectivity index is 1.17. The minimum atomic E-state index is -0.315. The van der Waals surface area contributed by atoms with Crippen LogP contribution in [-0.2, 0) is 11.3 Å². The average Bonchev–Trinajstić information content (AvgIpc) is 3.36. The number of imidazole rings is 1. The second-order valence-electron chi connectivity index (χ2n) is 8.19. The van der Waals surface area contributed by atoms with Gasteiger partial charge in [0.25, 0.3) is 0 Å². The van der Waals surface area contributed by atoms with Crippen LogP contribution >= 0.6 is 0 Å². The maximum Gasteiger partial charge on any atom is 0.115 e. The van der Waals surface area contributed by atoms with Crippen molar-refractivity contribution in [1.82, 2.24) is 19.5 Å². The number of aliphatic hydroxyl groups is 1. The number of aliphatic hydroxyl groups excluding tert-OH is 1. The molecule has 2 aromatic heterocycles. The molecular weight excluding hydrogens is 364 g/mol. The molecule has 0 amide bonds. The summed E-state index contributed by atoms with van der Waals surface area (Å²) in [5, 5.41) is 11.0. The molecule has 0 spiro atoms. The Morgan fingerprint density at radius 1 is 1.03 bits per heavy atom. The van der Waals surface area contributed by atoms with E-state index in [4.69, 9.17) is 4.74 Å². The smallest absolute Gasteiger partial charge is 0.115 e. The number of aromatic nitrogens is 4. The lowest BCUT2D eigenvalue weighted by Gasteiger charge is -2.32. The van der Waals surface area contributed by atoms with Gasteiger partial charge >= 0.3 is 0 Å². The van der Waals surface area contributed by atoms with Crippen LogP contribution < -0.4 is 0 Å². The summed E-state index contributed by atoms with van der Waals surface area (Å²) in [5.74, 6) is 0.328.